The van der Waals surface area contributed by atoms with Gasteiger partial charge in [-0.25, -0.2) is 9.97 Å². The van der Waals surface area contributed by atoms with Gasteiger partial charge >= 0.3 is 0 Å². The van der Waals surface area contributed by atoms with Gasteiger partial charge in [-0.1, -0.05) is 0 Å². The second-order valence-corrected chi connectivity index (χ2v) is 5.72. The second kappa shape index (κ2) is 4.98. The summed E-state index contributed by atoms with van der Waals surface area (Å²) in [6.07, 6.45) is 3.91. The third-order valence-corrected chi connectivity index (χ3v) is 4.19. The Balaban J connectivity index is 1.88. The predicted molar refractivity (Wildman–Crippen MR) is 75.1 cm³/mol. The largest absolute Gasteiger partial charge is 0.348 e. The predicted octanol–water partition coefficient (Wildman–Crippen LogP) is 3.06. The Morgan fingerprint density at radius 2 is 2.37 bits per heavy atom. The second-order valence-electron chi connectivity index (χ2n) is 4.66. The van der Waals surface area contributed by atoms with Gasteiger partial charge in [-0.05, 0) is 31.9 Å². The molecular formula is C14H14N4S. The Morgan fingerprint density at radius 3 is 3.00 bits per heavy atom. The molecule has 5 heteroatoms. The third kappa shape index (κ3) is 2.32. The number of hydrogen-bond donors (Lipinski definition) is 0. The van der Waals surface area contributed by atoms with Gasteiger partial charge in [-0.2, -0.15) is 5.26 Å². The van der Waals surface area contributed by atoms with Crippen molar-refractivity contribution in [1.29, 1.82) is 5.26 Å². The van der Waals surface area contributed by atoms with Crippen LogP contribution in [0.5, 0.6) is 0 Å². The fourth-order valence-corrected chi connectivity index (χ4v) is 3.16. The first-order valence-electron chi connectivity index (χ1n) is 6.33. The zero-order chi connectivity index (χ0) is 13.2. The van der Waals surface area contributed by atoms with Gasteiger partial charge in [-0.15, -0.1) is 11.3 Å². The molecule has 3 rings (SSSR count). The number of pyridine rings is 1. The third-order valence-electron chi connectivity index (χ3n) is 3.40. The Bertz CT molecular complexity index is 611. The van der Waals surface area contributed by atoms with E-state index in [9.17, 15) is 0 Å². The molecule has 2 aromatic heterocycles. The molecule has 0 saturated carbocycles. The molecule has 0 aromatic carbocycles. The average molecular weight is 270 g/mol. The molecule has 0 bridgehead atoms. The van der Waals surface area contributed by atoms with Crippen molar-refractivity contribution < 1.29 is 0 Å². The minimum atomic E-state index is 0.324. The summed E-state index contributed by atoms with van der Waals surface area (Å²) in [6.45, 7) is 3.04. The zero-order valence-electron chi connectivity index (χ0n) is 10.7. The summed E-state index contributed by atoms with van der Waals surface area (Å²) >= 11 is 1.69. The van der Waals surface area contributed by atoms with Gasteiger partial charge in [-0.3, -0.25) is 0 Å². The van der Waals surface area contributed by atoms with Crippen LogP contribution in [0.2, 0.25) is 0 Å². The number of aryl methyl sites for hydroxylation is 1. The van der Waals surface area contributed by atoms with E-state index >= 15 is 0 Å². The molecule has 0 N–H and O–H groups in total. The van der Waals surface area contributed by atoms with Crippen LogP contribution in [0.3, 0.4) is 0 Å². The van der Waals surface area contributed by atoms with E-state index in [0.29, 0.717) is 11.6 Å². The molecule has 96 valence electrons. The minimum Gasteiger partial charge on any atom is -0.348 e. The molecule has 0 spiro atoms. The zero-order valence-corrected chi connectivity index (χ0v) is 11.5. The van der Waals surface area contributed by atoms with E-state index in [1.54, 1.807) is 17.5 Å². The van der Waals surface area contributed by atoms with Crippen LogP contribution in [-0.2, 0) is 0 Å². The lowest BCUT2D eigenvalue weighted by Crippen LogP contribution is -2.23. The van der Waals surface area contributed by atoms with Crippen molar-refractivity contribution in [2.45, 2.75) is 25.8 Å². The van der Waals surface area contributed by atoms with E-state index in [4.69, 9.17) is 5.26 Å². The van der Waals surface area contributed by atoms with E-state index in [1.165, 1.54) is 0 Å². The van der Waals surface area contributed by atoms with E-state index in [1.807, 2.05) is 19.1 Å². The van der Waals surface area contributed by atoms with Crippen LogP contribution in [0.25, 0.3) is 0 Å². The van der Waals surface area contributed by atoms with Gasteiger partial charge in [0.2, 0.25) is 0 Å². The van der Waals surface area contributed by atoms with Crippen molar-refractivity contribution in [2.75, 3.05) is 11.4 Å². The smallest absolute Gasteiger partial charge is 0.129 e. The SMILES string of the molecule is Cc1nc(C2CCCN2c2ccc(C#N)cn2)cs1. The van der Waals surface area contributed by atoms with E-state index in [2.05, 4.69) is 26.3 Å². The number of rotatable bonds is 2. The van der Waals surface area contributed by atoms with Crippen LogP contribution in [0.4, 0.5) is 5.82 Å². The fourth-order valence-electron chi connectivity index (χ4n) is 2.50. The number of nitriles is 1. The summed E-state index contributed by atoms with van der Waals surface area (Å²) < 4.78 is 0. The van der Waals surface area contributed by atoms with Gasteiger partial charge in [0, 0.05) is 18.1 Å². The molecule has 1 unspecified atom stereocenters. The maximum absolute atomic E-state index is 8.81. The molecule has 0 radical (unpaired) electrons. The standard InChI is InChI=1S/C14H14N4S/c1-10-17-12(9-19-10)13-3-2-6-18(13)14-5-4-11(7-15)8-16-14/h4-5,8-9,13H,2-3,6H2,1H3. The highest BCUT2D eigenvalue weighted by atomic mass is 32.1. The van der Waals surface area contributed by atoms with Crippen LogP contribution in [0.15, 0.2) is 23.7 Å². The summed E-state index contributed by atoms with van der Waals surface area (Å²) in [4.78, 5) is 11.3. The van der Waals surface area contributed by atoms with Crippen LogP contribution in [0.1, 0.15) is 35.1 Å². The monoisotopic (exact) mass is 270 g/mol. The van der Waals surface area contributed by atoms with Crippen LogP contribution < -0.4 is 4.90 Å². The number of aromatic nitrogens is 2. The molecule has 1 aliphatic heterocycles. The highest BCUT2D eigenvalue weighted by Crippen LogP contribution is 2.35. The molecular weight excluding hydrogens is 256 g/mol. The Morgan fingerprint density at radius 1 is 1.47 bits per heavy atom. The fraction of sp³-hybridized carbons (Fsp3) is 0.357. The molecule has 1 aliphatic rings. The van der Waals surface area contributed by atoms with Gasteiger partial charge in [0.15, 0.2) is 0 Å². The molecule has 1 fully saturated rings. The highest BCUT2D eigenvalue weighted by molar-refractivity contribution is 7.09. The number of nitrogens with zero attached hydrogens (tertiary/aromatic N) is 4. The van der Waals surface area contributed by atoms with Crippen LogP contribution >= 0.6 is 11.3 Å². The number of thiazole rings is 1. The molecule has 3 heterocycles. The van der Waals surface area contributed by atoms with E-state index in [-0.39, 0.29) is 0 Å². The maximum atomic E-state index is 8.81. The first-order chi connectivity index (χ1) is 9.28. The molecule has 19 heavy (non-hydrogen) atoms. The lowest BCUT2D eigenvalue weighted by atomic mass is 10.1. The molecule has 1 saturated heterocycles. The van der Waals surface area contributed by atoms with Crippen molar-refractivity contribution in [3.05, 3.63) is 40.0 Å². The summed E-state index contributed by atoms with van der Waals surface area (Å²) in [7, 11) is 0. The Labute approximate surface area is 116 Å². The summed E-state index contributed by atoms with van der Waals surface area (Å²) in [5.74, 6) is 0.937. The minimum absolute atomic E-state index is 0.324. The molecule has 0 aliphatic carbocycles. The molecule has 4 nitrogen and oxygen atoms in total. The topological polar surface area (TPSA) is 52.8 Å². The first-order valence-corrected chi connectivity index (χ1v) is 7.21. The van der Waals surface area contributed by atoms with E-state index < -0.39 is 0 Å². The highest BCUT2D eigenvalue weighted by Gasteiger charge is 2.28. The van der Waals surface area contributed by atoms with Crippen molar-refractivity contribution in [3.8, 4) is 6.07 Å². The van der Waals surface area contributed by atoms with Gasteiger partial charge in [0.1, 0.15) is 11.9 Å². The molecule has 1 atom stereocenters. The molecule has 0 amide bonds. The van der Waals surface area contributed by atoms with Crippen molar-refractivity contribution in [2.24, 2.45) is 0 Å². The molecule has 2 aromatic rings. The normalized spacial score (nSPS) is 18.5. The van der Waals surface area contributed by atoms with Gasteiger partial charge in [0.25, 0.3) is 0 Å². The number of hydrogen-bond acceptors (Lipinski definition) is 5. The lowest BCUT2D eigenvalue weighted by Gasteiger charge is -2.24. The lowest BCUT2D eigenvalue weighted by molar-refractivity contribution is 0.691. The summed E-state index contributed by atoms with van der Waals surface area (Å²) in [6, 6.07) is 6.17. The van der Waals surface area contributed by atoms with Crippen LogP contribution in [0, 0.1) is 18.3 Å². The summed E-state index contributed by atoms with van der Waals surface area (Å²) in [5, 5.41) is 12.1. The quantitative estimate of drug-likeness (QED) is 0.841. The first kappa shape index (κ1) is 12.1. The van der Waals surface area contributed by atoms with Gasteiger partial charge < -0.3 is 4.90 Å². The van der Waals surface area contributed by atoms with Crippen molar-refractivity contribution in [1.82, 2.24) is 9.97 Å². The van der Waals surface area contributed by atoms with Crippen molar-refractivity contribution >= 4 is 17.2 Å². The van der Waals surface area contributed by atoms with Crippen LogP contribution in [-0.4, -0.2) is 16.5 Å². The Kier molecular flexibility index (Phi) is 3.18. The maximum Gasteiger partial charge on any atom is 0.129 e. The average Bonchev–Trinajstić information content (AvgIpc) is 3.07. The number of anilines is 1. The summed E-state index contributed by atoms with van der Waals surface area (Å²) in [5.41, 5.74) is 1.75. The Hall–Kier alpha value is -1.93. The van der Waals surface area contributed by atoms with Gasteiger partial charge in [0.05, 0.1) is 22.3 Å². The van der Waals surface area contributed by atoms with Crippen molar-refractivity contribution in [3.63, 3.8) is 0 Å². The van der Waals surface area contributed by atoms with E-state index in [0.717, 1.165) is 35.9 Å².